The predicted molar refractivity (Wildman–Crippen MR) is 64.7 cm³/mol. The maximum Gasteiger partial charge on any atom is 0.337 e. The number of aromatic carboxylic acids is 1. The van der Waals surface area contributed by atoms with E-state index < -0.39 is 27.3 Å². The number of hydrogen-bond donors (Lipinski definition) is 2. The zero-order valence-corrected chi connectivity index (χ0v) is 11.0. The quantitative estimate of drug-likeness (QED) is 0.801. The molecule has 0 atom stereocenters. The summed E-state index contributed by atoms with van der Waals surface area (Å²) in [6.07, 6.45) is 2.03. The molecule has 0 amide bonds. The van der Waals surface area contributed by atoms with Gasteiger partial charge in [-0.15, -0.1) is 0 Å². The molecule has 20 heavy (non-hydrogen) atoms. The van der Waals surface area contributed by atoms with Crippen molar-refractivity contribution in [1.82, 2.24) is 15.1 Å². The third-order valence-electron chi connectivity index (χ3n) is 2.18. The molecule has 0 saturated carbocycles. The lowest BCUT2D eigenvalue weighted by atomic mass is 10.2. The summed E-state index contributed by atoms with van der Waals surface area (Å²) in [5.74, 6) is -2.40. The summed E-state index contributed by atoms with van der Waals surface area (Å²) in [5, 5.41) is 21.9. The van der Waals surface area contributed by atoms with Gasteiger partial charge in [0.25, 0.3) is 0 Å². The van der Waals surface area contributed by atoms with Crippen molar-refractivity contribution < 1.29 is 27.9 Å². The van der Waals surface area contributed by atoms with E-state index in [0.717, 1.165) is 18.5 Å². The van der Waals surface area contributed by atoms with Crippen LogP contribution in [-0.4, -0.2) is 46.0 Å². The second kappa shape index (κ2) is 4.89. The zero-order valence-electron chi connectivity index (χ0n) is 10.1. The molecule has 0 aliphatic carbocycles. The summed E-state index contributed by atoms with van der Waals surface area (Å²) >= 11 is 0. The molecule has 2 heterocycles. The largest absolute Gasteiger partial charge is 0.506 e. The van der Waals surface area contributed by atoms with Gasteiger partial charge in [0.2, 0.25) is 11.7 Å². The summed E-state index contributed by atoms with van der Waals surface area (Å²) in [7, 11) is -3.33. The normalized spacial score (nSPS) is 11.4. The molecule has 106 valence electrons. The molecule has 0 aliphatic heterocycles. The molecule has 0 bridgehead atoms. The summed E-state index contributed by atoms with van der Waals surface area (Å²) in [6.45, 7) is 0. The molecular formula is C10H9N3O6S. The Morgan fingerprint density at radius 3 is 2.70 bits per heavy atom. The van der Waals surface area contributed by atoms with E-state index in [2.05, 4.69) is 15.1 Å². The van der Waals surface area contributed by atoms with Gasteiger partial charge in [0.15, 0.2) is 15.5 Å². The van der Waals surface area contributed by atoms with Crippen LogP contribution >= 0.6 is 0 Å². The SMILES string of the molecule is CS(=O)(=O)Cc1nc(-c2ncc(C(=O)O)cc2O)no1. The van der Waals surface area contributed by atoms with E-state index >= 15 is 0 Å². The van der Waals surface area contributed by atoms with Crippen LogP contribution in [0.2, 0.25) is 0 Å². The van der Waals surface area contributed by atoms with E-state index in [4.69, 9.17) is 9.63 Å². The number of carboxylic acid groups (broad SMARTS) is 1. The lowest BCUT2D eigenvalue weighted by molar-refractivity contribution is 0.0696. The van der Waals surface area contributed by atoms with Crippen LogP contribution in [0, 0.1) is 0 Å². The van der Waals surface area contributed by atoms with E-state index in [1.165, 1.54) is 0 Å². The van der Waals surface area contributed by atoms with Crippen LogP contribution in [0.1, 0.15) is 16.2 Å². The van der Waals surface area contributed by atoms with Gasteiger partial charge in [-0.3, -0.25) is 0 Å². The first-order valence-electron chi connectivity index (χ1n) is 5.19. The van der Waals surface area contributed by atoms with Crippen molar-refractivity contribution in [3.8, 4) is 17.3 Å². The minimum absolute atomic E-state index is 0.0986. The van der Waals surface area contributed by atoms with Crippen LogP contribution in [0.5, 0.6) is 5.75 Å². The molecule has 2 N–H and O–H groups in total. The molecule has 2 rings (SSSR count). The number of hydrogen-bond acceptors (Lipinski definition) is 8. The van der Waals surface area contributed by atoms with Crippen LogP contribution in [0.25, 0.3) is 11.5 Å². The van der Waals surface area contributed by atoms with E-state index in [1.807, 2.05) is 0 Å². The fraction of sp³-hybridized carbons (Fsp3) is 0.200. The van der Waals surface area contributed by atoms with E-state index in [0.29, 0.717) is 0 Å². The molecule has 2 aromatic heterocycles. The highest BCUT2D eigenvalue weighted by atomic mass is 32.2. The molecule has 9 nitrogen and oxygen atoms in total. The predicted octanol–water partition coefficient (Wildman–Crippen LogP) is 0.0800. The molecule has 0 aromatic carbocycles. The molecule has 2 aromatic rings. The zero-order chi connectivity index (χ0) is 14.9. The van der Waals surface area contributed by atoms with Crippen molar-refractivity contribution in [2.45, 2.75) is 5.75 Å². The average Bonchev–Trinajstić information content (AvgIpc) is 2.74. The van der Waals surface area contributed by atoms with Crippen LogP contribution in [0.4, 0.5) is 0 Å². The number of aromatic hydroxyl groups is 1. The van der Waals surface area contributed by atoms with E-state index in [-0.39, 0.29) is 23.0 Å². The highest BCUT2D eigenvalue weighted by Crippen LogP contribution is 2.25. The highest BCUT2D eigenvalue weighted by molar-refractivity contribution is 7.89. The van der Waals surface area contributed by atoms with Gasteiger partial charge in [-0.2, -0.15) is 4.98 Å². The Balaban J connectivity index is 2.35. The Kier molecular flexibility index (Phi) is 3.40. The Morgan fingerprint density at radius 2 is 2.15 bits per heavy atom. The molecule has 0 radical (unpaired) electrons. The lowest BCUT2D eigenvalue weighted by Gasteiger charge is -1.99. The maximum atomic E-state index is 11.1. The summed E-state index contributed by atoms with van der Waals surface area (Å²) in [5.41, 5.74) is -0.301. The number of carbonyl (C=O) groups is 1. The Hall–Kier alpha value is -2.49. The number of aromatic nitrogens is 3. The number of carboxylic acids is 1. The standard InChI is InChI=1S/C10H9N3O6S/c1-20(17,18)4-7-12-9(13-19-7)8-6(14)2-5(3-11-8)10(15)16/h2-3,14H,4H2,1H3,(H,15,16). The number of pyridine rings is 1. The molecule has 0 saturated heterocycles. The van der Waals surface area contributed by atoms with Crippen LogP contribution in [-0.2, 0) is 15.6 Å². The van der Waals surface area contributed by atoms with Crippen LogP contribution < -0.4 is 0 Å². The minimum atomic E-state index is -3.33. The Morgan fingerprint density at radius 1 is 1.45 bits per heavy atom. The lowest BCUT2D eigenvalue weighted by Crippen LogP contribution is -2.01. The third kappa shape index (κ3) is 3.09. The summed E-state index contributed by atoms with van der Waals surface area (Å²) < 4.78 is 26.9. The number of sulfone groups is 1. The third-order valence-corrected chi connectivity index (χ3v) is 2.95. The molecule has 0 unspecified atom stereocenters. The van der Waals surface area contributed by atoms with Gasteiger partial charge in [0, 0.05) is 12.5 Å². The minimum Gasteiger partial charge on any atom is -0.506 e. The maximum absolute atomic E-state index is 11.1. The van der Waals surface area contributed by atoms with Crippen LogP contribution in [0.3, 0.4) is 0 Å². The first-order chi connectivity index (χ1) is 9.26. The van der Waals surface area contributed by atoms with Crippen LogP contribution in [0.15, 0.2) is 16.8 Å². The smallest absolute Gasteiger partial charge is 0.337 e. The van der Waals surface area contributed by atoms with Gasteiger partial charge in [-0.25, -0.2) is 18.2 Å². The molecule has 0 aliphatic rings. The number of nitrogens with zero attached hydrogens (tertiary/aromatic N) is 3. The first-order valence-corrected chi connectivity index (χ1v) is 7.25. The van der Waals surface area contributed by atoms with Gasteiger partial charge < -0.3 is 14.7 Å². The topological polar surface area (TPSA) is 143 Å². The molecular weight excluding hydrogens is 290 g/mol. The van der Waals surface area contributed by atoms with Crippen molar-refractivity contribution in [1.29, 1.82) is 0 Å². The fourth-order valence-corrected chi connectivity index (χ4v) is 1.94. The fourth-order valence-electron chi connectivity index (χ4n) is 1.38. The van der Waals surface area contributed by atoms with E-state index in [1.54, 1.807) is 0 Å². The Bertz CT molecular complexity index is 767. The van der Waals surface area contributed by atoms with Gasteiger partial charge in [-0.1, -0.05) is 5.16 Å². The second-order valence-electron chi connectivity index (χ2n) is 3.98. The van der Waals surface area contributed by atoms with E-state index in [9.17, 15) is 18.3 Å². The monoisotopic (exact) mass is 299 g/mol. The summed E-state index contributed by atoms with van der Waals surface area (Å²) in [4.78, 5) is 18.2. The highest BCUT2D eigenvalue weighted by Gasteiger charge is 2.18. The molecule has 0 spiro atoms. The molecule has 0 fully saturated rings. The van der Waals surface area contributed by atoms with Crippen molar-refractivity contribution in [3.05, 3.63) is 23.7 Å². The van der Waals surface area contributed by atoms with Crippen molar-refractivity contribution in [2.24, 2.45) is 0 Å². The second-order valence-corrected chi connectivity index (χ2v) is 6.12. The van der Waals surface area contributed by atoms with Gasteiger partial charge in [-0.05, 0) is 6.07 Å². The van der Waals surface area contributed by atoms with Crippen molar-refractivity contribution in [3.63, 3.8) is 0 Å². The molecule has 10 heteroatoms. The van der Waals surface area contributed by atoms with Crippen molar-refractivity contribution >= 4 is 15.8 Å². The van der Waals surface area contributed by atoms with Gasteiger partial charge in [0.1, 0.15) is 11.5 Å². The first kappa shape index (κ1) is 13.9. The van der Waals surface area contributed by atoms with Gasteiger partial charge >= 0.3 is 5.97 Å². The van der Waals surface area contributed by atoms with Crippen molar-refractivity contribution in [2.75, 3.05) is 6.26 Å². The van der Waals surface area contributed by atoms with Gasteiger partial charge in [0.05, 0.1) is 5.56 Å². The number of rotatable bonds is 4. The average molecular weight is 299 g/mol. The summed E-state index contributed by atoms with van der Waals surface area (Å²) in [6, 6.07) is 0.983. The Labute approximate surface area is 112 Å².